The number of carbonyl (C=O) groups is 1. The molecule has 0 bridgehead atoms. The molecule has 10 nitrogen and oxygen atoms in total. The number of thiophene rings is 1. The van der Waals surface area contributed by atoms with Crippen molar-refractivity contribution in [2.24, 2.45) is 5.10 Å². The second-order valence-corrected chi connectivity index (χ2v) is 8.25. The highest BCUT2D eigenvalue weighted by Crippen LogP contribution is 2.29. The Labute approximate surface area is 174 Å². The number of benzene rings is 2. The number of nitrogens with one attached hydrogen (secondary N) is 2. The molecule has 0 amide bonds. The lowest BCUT2D eigenvalue weighted by Crippen LogP contribution is -2.17. The highest BCUT2D eigenvalue weighted by molar-refractivity contribution is 7.93. The first-order valence-electron chi connectivity index (χ1n) is 8.23. The summed E-state index contributed by atoms with van der Waals surface area (Å²) in [5.41, 5.74) is 2.43. The highest BCUT2D eigenvalue weighted by atomic mass is 32.2. The van der Waals surface area contributed by atoms with Gasteiger partial charge in [-0.3, -0.25) is 20.3 Å². The number of aromatic carboxylic acids is 1. The van der Waals surface area contributed by atoms with E-state index in [-0.39, 0.29) is 16.9 Å². The maximum absolute atomic E-state index is 12.9. The smallest absolute Gasteiger partial charge is 0.337 e. The molecule has 0 unspecified atom stereocenters. The summed E-state index contributed by atoms with van der Waals surface area (Å²) in [6, 6.07) is 10.4. The predicted molar refractivity (Wildman–Crippen MR) is 113 cm³/mol. The van der Waals surface area contributed by atoms with Crippen LogP contribution in [0.3, 0.4) is 0 Å². The Hall–Kier alpha value is -3.77. The lowest BCUT2D eigenvalue weighted by molar-refractivity contribution is -0.385. The van der Waals surface area contributed by atoms with Gasteiger partial charge in [0.1, 0.15) is 4.90 Å². The van der Waals surface area contributed by atoms with Crippen LogP contribution in [0.1, 0.15) is 15.9 Å². The zero-order valence-corrected chi connectivity index (χ0v) is 16.7. The summed E-state index contributed by atoms with van der Waals surface area (Å²) in [6.07, 6.45) is 1.46. The van der Waals surface area contributed by atoms with Crippen LogP contribution in [0.4, 0.5) is 17.1 Å². The summed E-state index contributed by atoms with van der Waals surface area (Å²) in [7, 11) is -4.39. The van der Waals surface area contributed by atoms with Gasteiger partial charge in [0.05, 0.1) is 28.1 Å². The van der Waals surface area contributed by atoms with Crippen LogP contribution in [0.15, 0.2) is 69.3 Å². The number of hydrazone groups is 1. The van der Waals surface area contributed by atoms with E-state index in [2.05, 4.69) is 15.2 Å². The normalized spacial score (nSPS) is 11.3. The molecule has 1 heterocycles. The van der Waals surface area contributed by atoms with E-state index in [1.807, 2.05) is 10.8 Å². The quantitative estimate of drug-likeness (QED) is 0.272. The Morgan fingerprint density at radius 3 is 2.60 bits per heavy atom. The number of hydrogen-bond donors (Lipinski definition) is 3. The van der Waals surface area contributed by atoms with Crippen molar-refractivity contribution in [3.8, 4) is 0 Å². The standard InChI is InChI=1S/C18H14N4O6S2/c23-18(24)14-3-1-2-4-15(14)21-30(27,28)17-9-13(22(25)26)5-6-16(17)20-19-10-12-7-8-29-11-12/h1-11,20-21H,(H,23,24)/b19-10-. The van der Waals surface area contributed by atoms with Crippen molar-refractivity contribution in [2.75, 3.05) is 10.1 Å². The second kappa shape index (κ2) is 8.71. The van der Waals surface area contributed by atoms with Gasteiger partial charge in [0.2, 0.25) is 0 Å². The third kappa shape index (κ3) is 4.79. The van der Waals surface area contributed by atoms with Crippen LogP contribution in [0.25, 0.3) is 0 Å². The third-order valence-corrected chi connectivity index (χ3v) is 5.92. The minimum absolute atomic E-state index is 0.0209. The van der Waals surface area contributed by atoms with Crippen LogP contribution in [-0.2, 0) is 10.0 Å². The maximum atomic E-state index is 12.9. The van der Waals surface area contributed by atoms with Gasteiger partial charge in [-0.15, -0.1) is 0 Å². The molecular formula is C18H14N4O6S2. The molecule has 0 radical (unpaired) electrons. The van der Waals surface area contributed by atoms with Crippen LogP contribution in [0.5, 0.6) is 0 Å². The van der Waals surface area contributed by atoms with Crippen molar-refractivity contribution in [3.05, 3.63) is 80.5 Å². The average molecular weight is 446 g/mol. The zero-order valence-electron chi connectivity index (χ0n) is 15.1. The van der Waals surface area contributed by atoms with Crippen molar-refractivity contribution in [1.29, 1.82) is 0 Å². The van der Waals surface area contributed by atoms with E-state index in [1.54, 1.807) is 6.07 Å². The molecule has 0 fully saturated rings. The van der Waals surface area contributed by atoms with E-state index in [9.17, 15) is 28.4 Å². The van der Waals surface area contributed by atoms with Gasteiger partial charge in [0.25, 0.3) is 15.7 Å². The first-order valence-corrected chi connectivity index (χ1v) is 10.7. The number of sulfonamides is 1. The molecule has 3 aromatic rings. The van der Waals surface area contributed by atoms with Crippen molar-refractivity contribution in [1.82, 2.24) is 0 Å². The monoisotopic (exact) mass is 446 g/mol. The third-order valence-electron chi connectivity index (χ3n) is 3.81. The first kappa shape index (κ1) is 21.0. The molecule has 0 saturated heterocycles. The Morgan fingerprint density at radius 1 is 1.17 bits per heavy atom. The predicted octanol–water partition coefficient (Wildman–Crippen LogP) is 3.60. The summed E-state index contributed by atoms with van der Waals surface area (Å²) in [6.45, 7) is 0. The lowest BCUT2D eigenvalue weighted by atomic mass is 10.2. The average Bonchev–Trinajstić information content (AvgIpc) is 3.21. The van der Waals surface area contributed by atoms with Crippen LogP contribution < -0.4 is 10.1 Å². The molecule has 0 aliphatic rings. The Bertz CT molecular complexity index is 1220. The fourth-order valence-electron chi connectivity index (χ4n) is 2.42. The van der Waals surface area contributed by atoms with Crippen LogP contribution >= 0.6 is 11.3 Å². The van der Waals surface area contributed by atoms with E-state index in [0.29, 0.717) is 0 Å². The SMILES string of the molecule is O=C(O)c1ccccc1NS(=O)(=O)c1cc([N+](=O)[O-])ccc1N/N=C\c1ccsc1. The van der Waals surface area contributed by atoms with Crippen molar-refractivity contribution >= 4 is 50.6 Å². The molecule has 0 spiro atoms. The van der Waals surface area contributed by atoms with Crippen molar-refractivity contribution in [2.45, 2.75) is 4.90 Å². The topological polar surface area (TPSA) is 151 Å². The fourth-order valence-corrected chi connectivity index (χ4v) is 4.29. The molecule has 30 heavy (non-hydrogen) atoms. The van der Waals surface area contributed by atoms with Gasteiger partial charge in [0.15, 0.2) is 0 Å². The number of nitro benzene ring substituents is 1. The lowest BCUT2D eigenvalue weighted by Gasteiger charge is -2.13. The van der Waals surface area contributed by atoms with Gasteiger partial charge < -0.3 is 5.11 Å². The van der Waals surface area contributed by atoms with Crippen LogP contribution in [0.2, 0.25) is 0 Å². The number of para-hydroxylation sites is 1. The molecule has 2 aromatic carbocycles. The molecule has 3 rings (SSSR count). The number of non-ortho nitro benzene ring substituents is 1. The van der Waals surface area contributed by atoms with Gasteiger partial charge in [-0.2, -0.15) is 16.4 Å². The second-order valence-electron chi connectivity index (χ2n) is 5.82. The molecule has 0 aliphatic heterocycles. The molecule has 0 atom stereocenters. The van der Waals surface area contributed by atoms with Gasteiger partial charge in [0, 0.05) is 17.7 Å². The van der Waals surface area contributed by atoms with E-state index in [1.165, 1.54) is 47.9 Å². The molecule has 3 N–H and O–H groups in total. The number of carboxylic acid groups (broad SMARTS) is 1. The summed E-state index contributed by atoms with van der Waals surface area (Å²) in [4.78, 5) is 21.3. The molecular weight excluding hydrogens is 432 g/mol. The van der Waals surface area contributed by atoms with Crippen molar-refractivity contribution < 1.29 is 23.2 Å². The van der Waals surface area contributed by atoms with Crippen molar-refractivity contribution in [3.63, 3.8) is 0 Å². The minimum atomic E-state index is -4.39. The van der Waals surface area contributed by atoms with Gasteiger partial charge >= 0.3 is 5.97 Å². The number of hydrogen-bond acceptors (Lipinski definition) is 8. The van der Waals surface area contributed by atoms with Gasteiger partial charge in [-0.25, -0.2) is 13.2 Å². The van der Waals surface area contributed by atoms with Gasteiger partial charge in [-0.05, 0) is 35.0 Å². The number of carboxylic acids is 1. The summed E-state index contributed by atoms with van der Waals surface area (Å²) >= 11 is 1.46. The molecule has 0 aliphatic carbocycles. The zero-order chi connectivity index (χ0) is 21.7. The fraction of sp³-hybridized carbons (Fsp3) is 0. The number of rotatable bonds is 8. The maximum Gasteiger partial charge on any atom is 0.337 e. The summed E-state index contributed by atoms with van der Waals surface area (Å²) in [5, 5.41) is 28.0. The molecule has 1 aromatic heterocycles. The number of nitro groups is 1. The van der Waals surface area contributed by atoms with Crippen LogP contribution in [0, 0.1) is 10.1 Å². The molecule has 12 heteroatoms. The van der Waals surface area contributed by atoms with E-state index >= 15 is 0 Å². The Morgan fingerprint density at radius 2 is 1.93 bits per heavy atom. The van der Waals surface area contributed by atoms with E-state index in [4.69, 9.17) is 0 Å². The minimum Gasteiger partial charge on any atom is -0.478 e. The van der Waals surface area contributed by atoms with E-state index < -0.39 is 31.5 Å². The summed E-state index contributed by atoms with van der Waals surface area (Å²) < 4.78 is 28.1. The molecule has 154 valence electrons. The summed E-state index contributed by atoms with van der Waals surface area (Å²) in [5.74, 6) is -1.33. The van der Waals surface area contributed by atoms with E-state index in [0.717, 1.165) is 17.7 Å². The highest BCUT2D eigenvalue weighted by Gasteiger charge is 2.24. The van der Waals surface area contributed by atoms with Crippen LogP contribution in [-0.4, -0.2) is 30.6 Å². The van der Waals surface area contributed by atoms with Gasteiger partial charge in [-0.1, -0.05) is 12.1 Å². The Kier molecular flexibility index (Phi) is 6.09. The largest absolute Gasteiger partial charge is 0.478 e. The number of nitrogens with zero attached hydrogens (tertiary/aromatic N) is 2. The molecule has 0 saturated carbocycles. The number of anilines is 2. The Balaban J connectivity index is 2.00. The first-order chi connectivity index (χ1) is 14.3.